The number of hydrogen-bond donors (Lipinski definition) is 1. The zero-order valence-corrected chi connectivity index (χ0v) is 10.9. The van der Waals surface area contributed by atoms with E-state index in [0.29, 0.717) is 18.2 Å². The smallest absolute Gasteiger partial charge is 0.0700 e. The number of likely N-dealkylation sites (tertiary alicyclic amines) is 1. The highest BCUT2D eigenvalue weighted by Crippen LogP contribution is 2.19. The zero-order valence-electron chi connectivity index (χ0n) is 10.9. The van der Waals surface area contributed by atoms with Gasteiger partial charge in [0.05, 0.1) is 6.10 Å². The molecule has 0 radical (unpaired) electrons. The van der Waals surface area contributed by atoms with Crippen molar-refractivity contribution < 1.29 is 4.74 Å². The first kappa shape index (κ1) is 12.3. The number of ether oxygens (including phenoxy) is 1. The van der Waals surface area contributed by atoms with E-state index in [1.165, 1.54) is 32.5 Å². The van der Waals surface area contributed by atoms with Crippen LogP contribution < -0.4 is 5.32 Å². The highest BCUT2D eigenvalue weighted by molar-refractivity contribution is 4.83. The third-order valence-corrected chi connectivity index (χ3v) is 4.09. The van der Waals surface area contributed by atoms with Gasteiger partial charge in [0.25, 0.3) is 0 Å². The molecule has 0 aromatic heterocycles. The predicted octanol–water partition coefficient (Wildman–Crippen LogP) is 1.48. The van der Waals surface area contributed by atoms with Gasteiger partial charge in [-0.1, -0.05) is 0 Å². The second kappa shape index (κ2) is 5.48. The van der Waals surface area contributed by atoms with Crippen molar-refractivity contribution in [2.45, 2.75) is 51.8 Å². The molecular weight excluding hydrogens is 200 g/mol. The highest BCUT2D eigenvalue weighted by atomic mass is 16.5. The van der Waals surface area contributed by atoms with E-state index < -0.39 is 0 Å². The van der Waals surface area contributed by atoms with E-state index in [9.17, 15) is 0 Å². The van der Waals surface area contributed by atoms with Crippen LogP contribution in [-0.4, -0.2) is 49.3 Å². The van der Waals surface area contributed by atoms with Gasteiger partial charge in [-0.2, -0.15) is 0 Å². The lowest BCUT2D eigenvalue weighted by Gasteiger charge is -2.22. The number of hydrogen-bond acceptors (Lipinski definition) is 3. The Labute approximate surface area is 99.5 Å². The second-order valence-electron chi connectivity index (χ2n) is 5.62. The van der Waals surface area contributed by atoms with Crippen LogP contribution in [-0.2, 0) is 4.74 Å². The fourth-order valence-electron chi connectivity index (χ4n) is 2.82. The third-order valence-electron chi connectivity index (χ3n) is 4.09. The molecule has 0 spiro atoms. The van der Waals surface area contributed by atoms with Gasteiger partial charge in [0, 0.05) is 25.2 Å². The maximum Gasteiger partial charge on any atom is 0.0700 e. The molecule has 16 heavy (non-hydrogen) atoms. The first-order valence-corrected chi connectivity index (χ1v) is 6.76. The third kappa shape index (κ3) is 2.96. The van der Waals surface area contributed by atoms with Crippen LogP contribution in [0, 0.1) is 5.92 Å². The van der Waals surface area contributed by atoms with Crippen LogP contribution in [0.2, 0.25) is 0 Å². The lowest BCUT2D eigenvalue weighted by molar-refractivity contribution is 0.112. The first-order valence-electron chi connectivity index (χ1n) is 6.76. The number of nitrogens with one attached hydrogen (secondary N) is 1. The van der Waals surface area contributed by atoms with E-state index in [1.807, 2.05) is 0 Å². The van der Waals surface area contributed by atoms with Crippen LogP contribution in [0.25, 0.3) is 0 Å². The summed E-state index contributed by atoms with van der Waals surface area (Å²) >= 11 is 0. The van der Waals surface area contributed by atoms with E-state index in [4.69, 9.17) is 4.74 Å². The van der Waals surface area contributed by atoms with Crippen molar-refractivity contribution in [3.05, 3.63) is 0 Å². The molecule has 2 aliphatic heterocycles. The molecule has 2 heterocycles. The Morgan fingerprint density at radius 2 is 2.19 bits per heavy atom. The predicted molar refractivity (Wildman–Crippen MR) is 66.6 cm³/mol. The fraction of sp³-hybridized carbons (Fsp3) is 1.00. The van der Waals surface area contributed by atoms with Gasteiger partial charge in [0.2, 0.25) is 0 Å². The zero-order chi connectivity index (χ0) is 11.5. The summed E-state index contributed by atoms with van der Waals surface area (Å²) in [5.41, 5.74) is 0. The molecule has 0 amide bonds. The summed E-state index contributed by atoms with van der Waals surface area (Å²) in [4.78, 5) is 2.58. The van der Waals surface area contributed by atoms with Gasteiger partial charge < -0.3 is 15.0 Å². The van der Waals surface area contributed by atoms with Gasteiger partial charge in [0.15, 0.2) is 0 Å². The van der Waals surface area contributed by atoms with Gasteiger partial charge in [-0.05, 0) is 52.6 Å². The average Bonchev–Trinajstić information content (AvgIpc) is 2.83. The van der Waals surface area contributed by atoms with Crippen molar-refractivity contribution in [1.29, 1.82) is 0 Å². The average molecular weight is 226 g/mol. The lowest BCUT2D eigenvalue weighted by atomic mass is 10.1. The second-order valence-corrected chi connectivity index (χ2v) is 5.62. The minimum absolute atomic E-state index is 0.405. The molecule has 3 unspecified atom stereocenters. The van der Waals surface area contributed by atoms with Gasteiger partial charge in [0.1, 0.15) is 0 Å². The van der Waals surface area contributed by atoms with Crippen LogP contribution in [0.4, 0.5) is 0 Å². The fourth-order valence-corrected chi connectivity index (χ4v) is 2.82. The molecule has 3 nitrogen and oxygen atoms in total. The summed E-state index contributed by atoms with van der Waals surface area (Å²) in [6.45, 7) is 11.4. The summed E-state index contributed by atoms with van der Waals surface area (Å²) in [7, 11) is 0. The van der Waals surface area contributed by atoms with Crippen molar-refractivity contribution in [3.8, 4) is 0 Å². The molecular formula is C13H26N2O. The summed E-state index contributed by atoms with van der Waals surface area (Å²) in [5.74, 6) is 0.843. The van der Waals surface area contributed by atoms with E-state index in [2.05, 4.69) is 31.0 Å². The molecule has 0 aromatic rings. The SMILES string of the molecule is CC1OCCC1NCC1CCN(C(C)C)C1. The molecule has 3 heteroatoms. The molecule has 0 saturated carbocycles. The summed E-state index contributed by atoms with van der Waals surface area (Å²) < 4.78 is 5.57. The Bertz CT molecular complexity index is 220. The molecule has 2 rings (SSSR count). The quantitative estimate of drug-likeness (QED) is 0.786. The Balaban J connectivity index is 1.67. The van der Waals surface area contributed by atoms with Crippen molar-refractivity contribution in [2.75, 3.05) is 26.2 Å². The summed E-state index contributed by atoms with van der Waals surface area (Å²) in [6.07, 6.45) is 2.94. The Hall–Kier alpha value is -0.120. The molecule has 94 valence electrons. The van der Waals surface area contributed by atoms with Gasteiger partial charge >= 0.3 is 0 Å². The van der Waals surface area contributed by atoms with Crippen LogP contribution in [0.15, 0.2) is 0 Å². The van der Waals surface area contributed by atoms with E-state index in [1.54, 1.807) is 0 Å². The van der Waals surface area contributed by atoms with Gasteiger partial charge in [-0.25, -0.2) is 0 Å². The maximum atomic E-state index is 5.57. The van der Waals surface area contributed by atoms with Crippen molar-refractivity contribution in [1.82, 2.24) is 10.2 Å². The standard InChI is InChI=1S/C13H26N2O/c1-10(2)15-6-4-12(9-15)8-14-13-5-7-16-11(13)3/h10-14H,4-9H2,1-3H3. The Kier molecular flexibility index (Phi) is 4.22. The lowest BCUT2D eigenvalue weighted by Crippen LogP contribution is -2.38. The van der Waals surface area contributed by atoms with E-state index >= 15 is 0 Å². The molecule has 2 saturated heterocycles. The monoisotopic (exact) mass is 226 g/mol. The molecule has 3 atom stereocenters. The molecule has 2 fully saturated rings. The van der Waals surface area contributed by atoms with E-state index in [-0.39, 0.29) is 0 Å². The molecule has 1 N–H and O–H groups in total. The van der Waals surface area contributed by atoms with Crippen LogP contribution in [0.5, 0.6) is 0 Å². The molecule has 0 aromatic carbocycles. The minimum Gasteiger partial charge on any atom is -0.377 e. The van der Waals surface area contributed by atoms with Crippen LogP contribution >= 0.6 is 0 Å². The molecule has 2 aliphatic rings. The first-order chi connectivity index (χ1) is 7.66. The number of rotatable bonds is 4. The Morgan fingerprint density at radius 3 is 2.75 bits per heavy atom. The van der Waals surface area contributed by atoms with Crippen LogP contribution in [0.1, 0.15) is 33.6 Å². The van der Waals surface area contributed by atoms with Crippen LogP contribution in [0.3, 0.4) is 0 Å². The van der Waals surface area contributed by atoms with Crippen molar-refractivity contribution >= 4 is 0 Å². The van der Waals surface area contributed by atoms with Crippen molar-refractivity contribution in [2.24, 2.45) is 5.92 Å². The molecule has 0 aliphatic carbocycles. The van der Waals surface area contributed by atoms with Gasteiger partial charge in [-0.15, -0.1) is 0 Å². The number of nitrogens with zero attached hydrogens (tertiary/aromatic N) is 1. The maximum absolute atomic E-state index is 5.57. The highest BCUT2D eigenvalue weighted by Gasteiger charge is 2.27. The Morgan fingerprint density at radius 1 is 1.38 bits per heavy atom. The topological polar surface area (TPSA) is 24.5 Å². The molecule has 0 bridgehead atoms. The van der Waals surface area contributed by atoms with Crippen molar-refractivity contribution in [3.63, 3.8) is 0 Å². The summed E-state index contributed by atoms with van der Waals surface area (Å²) in [5, 5.41) is 3.68. The van der Waals surface area contributed by atoms with E-state index in [0.717, 1.165) is 12.5 Å². The largest absolute Gasteiger partial charge is 0.377 e. The van der Waals surface area contributed by atoms with Gasteiger partial charge in [-0.3, -0.25) is 0 Å². The summed E-state index contributed by atoms with van der Waals surface area (Å²) in [6, 6.07) is 1.30. The minimum atomic E-state index is 0.405. The normalized spacial score (nSPS) is 36.4.